The van der Waals surface area contributed by atoms with Gasteiger partial charge in [-0.05, 0) is 48.9 Å². The zero-order valence-electron chi connectivity index (χ0n) is 12.3. The molecule has 0 aromatic heterocycles. The number of benzene rings is 2. The van der Waals surface area contributed by atoms with Crippen molar-refractivity contribution in [3.8, 4) is 11.5 Å². The van der Waals surface area contributed by atoms with Crippen molar-refractivity contribution in [2.75, 3.05) is 12.4 Å². The van der Waals surface area contributed by atoms with Crippen molar-refractivity contribution in [3.63, 3.8) is 0 Å². The summed E-state index contributed by atoms with van der Waals surface area (Å²) in [6.45, 7) is 1.93. The fraction of sp³-hybridized carbons (Fsp3) is 0.118. The first-order valence-electron chi connectivity index (χ1n) is 6.67. The van der Waals surface area contributed by atoms with Crippen molar-refractivity contribution in [2.45, 2.75) is 6.92 Å². The van der Waals surface area contributed by atoms with Crippen LogP contribution in [0.5, 0.6) is 11.5 Å². The molecule has 22 heavy (non-hydrogen) atoms. The minimum absolute atomic E-state index is 0.349. The van der Waals surface area contributed by atoms with Crippen LogP contribution in [0.1, 0.15) is 12.5 Å². The Morgan fingerprint density at radius 1 is 1.14 bits per heavy atom. The molecule has 0 aliphatic carbocycles. The van der Waals surface area contributed by atoms with Crippen molar-refractivity contribution in [1.29, 1.82) is 0 Å². The second-order valence-electron chi connectivity index (χ2n) is 4.43. The predicted molar refractivity (Wildman–Crippen MR) is 88.8 cm³/mol. The minimum atomic E-state index is -0.598. The van der Waals surface area contributed by atoms with Gasteiger partial charge in [0.2, 0.25) is 0 Å². The van der Waals surface area contributed by atoms with Gasteiger partial charge in [-0.2, -0.15) is 0 Å². The zero-order chi connectivity index (χ0) is 15.9. The van der Waals surface area contributed by atoms with Crippen molar-refractivity contribution >= 4 is 29.5 Å². The fourth-order valence-electron chi connectivity index (χ4n) is 1.84. The number of carbonyl (C=O) groups is 1. The van der Waals surface area contributed by atoms with E-state index in [0.717, 1.165) is 5.56 Å². The molecule has 0 saturated carbocycles. The van der Waals surface area contributed by atoms with E-state index in [0.29, 0.717) is 22.2 Å². The molecule has 5 heteroatoms. The van der Waals surface area contributed by atoms with E-state index in [2.05, 4.69) is 5.32 Å². The molecule has 2 aromatic carbocycles. The number of anilines is 1. The van der Waals surface area contributed by atoms with E-state index < -0.39 is 6.09 Å². The van der Waals surface area contributed by atoms with E-state index in [4.69, 9.17) is 21.1 Å². The van der Waals surface area contributed by atoms with Gasteiger partial charge in [0, 0.05) is 10.7 Å². The second kappa shape index (κ2) is 7.52. The summed E-state index contributed by atoms with van der Waals surface area (Å²) in [7, 11) is 1.53. The van der Waals surface area contributed by atoms with E-state index in [-0.39, 0.29) is 0 Å². The number of hydrogen-bond acceptors (Lipinski definition) is 3. The Balaban J connectivity index is 2.09. The third kappa shape index (κ3) is 4.27. The van der Waals surface area contributed by atoms with E-state index in [1.165, 1.54) is 7.11 Å². The van der Waals surface area contributed by atoms with Gasteiger partial charge in [0.25, 0.3) is 0 Å². The number of allylic oxidation sites excluding steroid dienone is 1. The molecular weight excluding hydrogens is 302 g/mol. The van der Waals surface area contributed by atoms with Crippen LogP contribution in [0.15, 0.2) is 48.5 Å². The monoisotopic (exact) mass is 317 g/mol. The summed E-state index contributed by atoms with van der Waals surface area (Å²) in [5.41, 5.74) is 1.56. The number of rotatable bonds is 4. The molecule has 0 aliphatic heterocycles. The molecule has 0 aliphatic rings. The summed E-state index contributed by atoms with van der Waals surface area (Å²) in [6.07, 6.45) is 3.25. The summed E-state index contributed by atoms with van der Waals surface area (Å²) in [4.78, 5) is 11.9. The summed E-state index contributed by atoms with van der Waals surface area (Å²) in [5, 5.41) is 3.22. The maximum absolute atomic E-state index is 11.9. The van der Waals surface area contributed by atoms with Gasteiger partial charge in [-0.25, -0.2) is 4.79 Å². The predicted octanol–water partition coefficient (Wildman–Crippen LogP) is 4.99. The lowest BCUT2D eigenvalue weighted by molar-refractivity contribution is 0.213. The summed E-state index contributed by atoms with van der Waals surface area (Å²) in [6, 6.07) is 12.1. The number of carbonyl (C=O) groups excluding carboxylic acids is 1. The molecule has 2 rings (SSSR count). The van der Waals surface area contributed by atoms with E-state index >= 15 is 0 Å². The Labute approximate surface area is 134 Å². The van der Waals surface area contributed by atoms with Crippen LogP contribution in [0.25, 0.3) is 6.08 Å². The molecule has 114 valence electrons. The maximum Gasteiger partial charge on any atom is 0.417 e. The van der Waals surface area contributed by atoms with E-state index in [9.17, 15) is 4.79 Å². The second-order valence-corrected chi connectivity index (χ2v) is 4.87. The summed E-state index contributed by atoms with van der Waals surface area (Å²) >= 11 is 5.79. The van der Waals surface area contributed by atoms with Gasteiger partial charge in [0.05, 0.1) is 7.11 Å². The van der Waals surface area contributed by atoms with Crippen LogP contribution < -0.4 is 14.8 Å². The number of nitrogens with one attached hydrogen (secondary N) is 1. The number of hydrogen-bond donors (Lipinski definition) is 1. The molecule has 0 spiro atoms. The average molecular weight is 318 g/mol. The number of methoxy groups -OCH3 is 1. The van der Waals surface area contributed by atoms with Crippen LogP contribution in [0.4, 0.5) is 10.5 Å². The van der Waals surface area contributed by atoms with Crippen LogP contribution in [-0.4, -0.2) is 13.2 Å². The molecule has 0 atom stereocenters. The molecule has 4 nitrogen and oxygen atoms in total. The van der Waals surface area contributed by atoms with Crippen molar-refractivity contribution < 1.29 is 14.3 Å². The van der Waals surface area contributed by atoms with E-state index in [1.54, 1.807) is 36.4 Å². The van der Waals surface area contributed by atoms with Crippen LogP contribution in [0, 0.1) is 0 Å². The topological polar surface area (TPSA) is 47.6 Å². The van der Waals surface area contributed by atoms with Crippen molar-refractivity contribution in [1.82, 2.24) is 0 Å². The van der Waals surface area contributed by atoms with Gasteiger partial charge in [0.1, 0.15) is 0 Å². The SMILES string of the molecule is C/C=C/c1ccc(OC(=O)Nc2ccc(Cl)cc2)c(OC)c1. The standard InChI is InChI=1S/C17H16ClNO3/c1-3-4-12-5-10-15(16(11-12)21-2)22-17(20)19-14-8-6-13(18)7-9-14/h3-11H,1-2H3,(H,19,20)/b4-3+. The zero-order valence-corrected chi connectivity index (χ0v) is 13.1. The van der Waals surface area contributed by atoms with Gasteiger partial charge >= 0.3 is 6.09 Å². The maximum atomic E-state index is 11.9. The first kappa shape index (κ1) is 15.9. The van der Waals surface area contributed by atoms with Gasteiger partial charge in [-0.3, -0.25) is 5.32 Å². The Kier molecular flexibility index (Phi) is 5.44. The highest BCUT2D eigenvalue weighted by molar-refractivity contribution is 6.30. The first-order chi connectivity index (χ1) is 10.6. The minimum Gasteiger partial charge on any atom is -0.493 e. The lowest BCUT2D eigenvalue weighted by Crippen LogP contribution is -2.17. The molecule has 0 heterocycles. The van der Waals surface area contributed by atoms with Crippen molar-refractivity contribution in [3.05, 3.63) is 59.1 Å². The molecular formula is C17H16ClNO3. The highest BCUT2D eigenvalue weighted by Crippen LogP contribution is 2.29. The lowest BCUT2D eigenvalue weighted by atomic mass is 10.2. The van der Waals surface area contributed by atoms with Crippen LogP contribution >= 0.6 is 11.6 Å². The summed E-state index contributed by atoms with van der Waals surface area (Å²) < 4.78 is 10.5. The first-order valence-corrected chi connectivity index (χ1v) is 7.05. The summed E-state index contributed by atoms with van der Waals surface area (Å²) in [5.74, 6) is 0.837. The Hall–Kier alpha value is -2.46. The number of halogens is 1. The van der Waals surface area contributed by atoms with Gasteiger partial charge in [-0.15, -0.1) is 0 Å². The fourth-order valence-corrected chi connectivity index (χ4v) is 1.97. The highest BCUT2D eigenvalue weighted by Gasteiger charge is 2.10. The number of amides is 1. The number of ether oxygens (including phenoxy) is 2. The molecule has 0 bridgehead atoms. The Morgan fingerprint density at radius 2 is 1.86 bits per heavy atom. The molecule has 0 radical (unpaired) electrons. The Morgan fingerprint density at radius 3 is 2.50 bits per heavy atom. The quantitative estimate of drug-likeness (QED) is 0.864. The van der Waals surface area contributed by atoms with Crippen LogP contribution in [-0.2, 0) is 0 Å². The normalized spacial score (nSPS) is 10.5. The lowest BCUT2D eigenvalue weighted by Gasteiger charge is -2.11. The average Bonchev–Trinajstić information content (AvgIpc) is 2.51. The van der Waals surface area contributed by atoms with Crippen LogP contribution in [0.3, 0.4) is 0 Å². The van der Waals surface area contributed by atoms with Crippen LogP contribution in [0.2, 0.25) is 5.02 Å². The highest BCUT2D eigenvalue weighted by atomic mass is 35.5. The molecule has 1 N–H and O–H groups in total. The van der Waals surface area contributed by atoms with Gasteiger partial charge < -0.3 is 9.47 Å². The largest absolute Gasteiger partial charge is 0.493 e. The molecule has 0 fully saturated rings. The third-order valence-electron chi connectivity index (χ3n) is 2.84. The van der Waals surface area contributed by atoms with E-state index in [1.807, 2.05) is 25.1 Å². The molecule has 1 amide bonds. The smallest absolute Gasteiger partial charge is 0.417 e. The molecule has 2 aromatic rings. The molecule has 0 unspecified atom stereocenters. The van der Waals surface area contributed by atoms with Gasteiger partial charge in [-0.1, -0.05) is 29.8 Å². The van der Waals surface area contributed by atoms with Gasteiger partial charge in [0.15, 0.2) is 11.5 Å². The third-order valence-corrected chi connectivity index (χ3v) is 3.09. The van der Waals surface area contributed by atoms with Crippen molar-refractivity contribution in [2.24, 2.45) is 0 Å². The molecule has 0 saturated heterocycles. The Bertz CT molecular complexity index is 681.